The molecule has 0 saturated heterocycles. The molecule has 0 fully saturated rings. The minimum Gasteiger partial charge on any atom is -0.0955 e. The van der Waals surface area contributed by atoms with Crippen molar-refractivity contribution < 1.29 is 0 Å². The summed E-state index contributed by atoms with van der Waals surface area (Å²) in [6, 6.07) is 8.57. The normalized spacial score (nSPS) is 9.83. The molecule has 0 atom stereocenters. The first-order valence-electron chi connectivity index (χ1n) is 4.05. The maximum atomic E-state index is 3.89. The fourth-order valence-corrected chi connectivity index (χ4v) is 1.52. The Morgan fingerprint density at radius 2 is 1.92 bits per heavy atom. The zero-order valence-electron chi connectivity index (χ0n) is 7.31. The van der Waals surface area contributed by atoms with Crippen LogP contribution in [0, 0.1) is 0 Å². The average Bonchev–Trinajstić information content (AvgIpc) is 2.06. The van der Waals surface area contributed by atoms with E-state index in [4.69, 9.17) is 0 Å². The molecule has 12 heavy (non-hydrogen) atoms. The molecule has 0 saturated carbocycles. The van der Waals surface area contributed by atoms with Crippen molar-refractivity contribution in [3.05, 3.63) is 42.0 Å². The highest BCUT2D eigenvalue weighted by Gasteiger charge is 1.93. The Kier molecular flexibility index (Phi) is 3.54. The van der Waals surface area contributed by atoms with Gasteiger partial charge >= 0.3 is 0 Å². The van der Waals surface area contributed by atoms with Crippen LogP contribution < -0.4 is 0 Å². The molecule has 0 heterocycles. The number of alkyl halides is 1. The van der Waals surface area contributed by atoms with Crippen molar-refractivity contribution >= 4 is 21.5 Å². The first kappa shape index (κ1) is 9.53. The molecule has 1 rings (SSSR count). The van der Waals surface area contributed by atoms with E-state index in [0.717, 1.165) is 17.3 Å². The first-order chi connectivity index (χ1) is 5.74. The van der Waals surface area contributed by atoms with Crippen LogP contribution in [-0.4, -0.2) is 5.33 Å². The van der Waals surface area contributed by atoms with Crippen molar-refractivity contribution in [2.45, 2.75) is 13.3 Å². The summed E-state index contributed by atoms with van der Waals surface area (Å²) < 4.78 is 0. The molecule has 0 radical (unpaired) electrons. The second kappa shape index (κ2) is 4.46. The van der Waals surface area contributed by atoms with Crippen molar-refractivity contribution in [2.75, 3.05) is 5.33 Å². The Bertz CT molecular complexity index is 259. The van der Waals surface area contributed by atoms with Gasteiger partial charge in [-0.1, -0.05) is 52.3 Å². The molecule has 0 aliphatic heterocycles. The number of halogens is 1. The Labute approximate surface area is 82.4 Å². The zero-order valence-corrected chi connectivity index (χ0v) is 8.89. The molecule has 0 spiro atoms. The maximum absolute atomic E-state index is 3.89. The monoisotopic (exact) mass is 224 g/mol. The van der Waals surface area contributed by atoms with E-state index in [0.29, 0.717) is 0 Å². The van der Waals surface area contributed by atoms with E-state index < -0.39 is 0 Å². The average molecular weight is 225 g/mol. The smallest absolute Gasteiger partial charge is 0.00718 e. The van der Waals surface area contributed by atoms with E-state index in [1.54, 1.807) is 0 Å². The van der Waals surface area contributed by atoms with Crippen molar-refractivity contribution in [3.8, 4) is 0 Å². The van der Waals surface area contributed by atoms with Gasteiger partial charge in [0.2, 0.25) is 0 Å². The van der Waals surface area contributed by atoms with Crippen LogP contribution >= 0.6 is 15.9 Å². The Morgan fingerprint density at radius 3 is 2.33 bits per heavy atom. The predicted octanol–water partition coefficient (Wildman–Crippen LogP) is 3.66. The highest BCUT2D eigenvalue weighted by Crippen LogP contribution is 2.12. The van der Waals surface area contributed by atoms with E-state index in [-0.39, 0.29) is 0 Å². The van der Waals surface area contributed by atoms with Crippen molar-refractivity contribution in [1.82, 2.24) is 0 Å². The second-order valence-corrected chi connectivity index (χ2v) is 3.71. The van der Waals surface area contributed by atoms with Crippen LogP contribution in [0.25, 0.3) is 5.57 Å². The maximum Gasteiger partial charge on any atom is 0.00718 e. The van der Waals surface area contributed by atoms with Gasteiger partial charge in [0, 0.05) is 5.33 Å². The Balaban J connectivity index is 2.78. The fourth-order valence-electron chi connectivity index (χ4n) is 1.07. The van der Waals surface area contributed by atoms with Gasteiger partial charge in [-0.2, -0.15) is 0 Å². The van der Waals surface area contributed by atoms with Gasteiger partial charge in [0.1, 0.15) is 0 Å². The van der Waals surface area contributed by atoms with Gasteiger partial charge in [0.25, 0.3) is 0 Å². The molecule has 0 aromatic heterocycles. The van der Waals surface area contributed by atoms with Gasteiger partial charge in [0.15, 0.2) is 0 Å². The molecule has 1 aromatic rings. The molecular formula is C11H13Br. The lowest BCUT2D eigenvalue weighted by Gasteiger charge is -2.01. The highest BCUT2D eigenvalue weighted by molar-refractivity contribution is 9.09. The predicted molar refractivity (Wildman–Crippen MR) is 58.6 cm³/mol. The van der Waals surface area contributed by atoms with Crippen LogP contribution in [0.1, 0.15) is 18.1 Å². The number of aryl methyl sites for hydroxylation is 1. The van der Waals surface area contributed by atoms with E-state index in [9.17, 15) is 0 Å². The summed E-state index contributed by atoms with van der Waals surface area (Å²) in [4.78, 5) is 0. The van der Waals surface area contributed by atoms with Crippen LogP contribution in [0.2, 0.25) is 0 Å². The van der Waals surface area contributed by atoms with Gasteiger partial charge < -0.3 is 0 Å². The van der Waals surface area contributed by atoms with E-state index in [1.807, 2.05) is 6.92 Å². The quantitative estimate of drug-likeness (QED) is 0.688. The van der Waals surface area contributed by atoms with Gasteiger partial charge in [0.05, 0.1) is 0 Å². The summed E-state index contributed by atoms with van der Waals surface area (Å²) in [5, 5.41) is 1.03. The van der Waals surface area contributed by atoms with Crippen LogP contribution in [-0.2, 0) is 6.42 Å². The molecular weight excluding hydrogens is 212 g/mol. The zero-order chi connectivity index (χ0) is 8.97. The lowest BCUT2D eigenvalue weighted by Crippen LogP contribution is -1.85. The molecule has 0 aliphatic carbocycles. The second-order valence-electron chi connectivity index (χ2n) is 2.92. The Hall–Kier alpha value is -0.560. The highest BCUT2D eigenvalue weighted by atomic mass is 79.9. The summed E-state index contributed by atoms with van der Waals surface area (Å²) in [6.07, 6.45) is 1.09. The van der Waals surface area contributed by atoms with Crippen LogP contribution in [0.5, 0.6) is 0 Å². The molecule has 0 amide bonds. The number of benzene rings is 1. The summed E-state index contributed by atoms with van der Waals surface area (Å²) in [6.45, 7) is 5.92. The SMILES string of the molecule is C=C(C)c1ccc(CCBr)cc1. The first-order valence-corrected chi connectivity index (χ1v) is 5.17. The summed E-state index contributed by atoms with van der Waals surface area (Å²) in [5.74, 6) is 0. The lowest BCUT2D eigenvalue weighted by molar-refractivity contribution is 1.17. The summed E-state index contributed by atoms with van der Waals surface area (Å²) in [5.41, 5.74) is 3.73. The number of rotatable bonds is 3. The molecule has 1 aromatic carbocycles. The van der Waals surface area contributed by atoms with Crippen molar-refractivity contribution in [2.24, 2.45) is 0 Å². The molecule has 0 N–H and O–H groups in total. The number of hydrogen-bond donors (Lipinski definition) is 0. The molecule has 0 bridgehead atoms. The van der Waals surface area contributed by atoms with Gasteiger partial charge in [-0.05, 0) is 24.5 Å². The lowest BCUT2D eigenvalue weighted by atomic mass is 10.1. The third kappa shape index (κ3) is 2.49. The largest absolute Gasteiger partial charge is 0.0955 e. The molecule has 0 nitrogen and oxygen atoms in total. The van der Waals surface area contributed by atoms with Crippen LogP contribution in [0.15, 0.2) is 30.8 Å². The number of hydrogen-bond acceptors (Lipinski definition) is 0. The molecule has 1 heteroatoms. The molecule has 64 valence electrons. The van der Waals surface area contributed by atoms with E-state index in [2.05, 4.69) is 46.8 Å². The molecule has 0 unspecified atom stereocenters. The van der Waals surface area contributed by atoms with Crippen LogP contribution in [0.4, 0.5) is 0 Å². The fraction of sp³-hybridized carbons (Fsp3) is 0.273. The van der Waals surface area contributed by atoms with Crippen molar-refractivity contribution in [3.63, 3.8) is 0 Å². The van der Waals surface area contributed by atoms with E-state index in [1.165, 1.54) is 11.1 Å². The van der Waals surface area contributed by atoms with Gasteiger partial charge in [-0.25, -0.2) is 0 Å². The van der Waals surface area contributed by atoms with Crippen molar-refractivity contribution in [1.29, 1.82) is 0 Å². The number of allylic oxidation sites excluding steroid dienone is 1. The third-order valence-corrected chi connectivity index (χ3v) is 2.23. The standard InChI is InChI=1S/C11H13Br/c1-9(2)11-5-3-10(4-6-11)7-8-12/h3-6H,1,7-8H2,2H3. The minimum atomic E-state index is 1.03. The van der Waals surface area contributed by atoms with Gasteiger partial charge in [-0.3, -0.25) is 0 Å². The molecule has 0 aliphatic rings. The minimum absolute atomic E-state index is 1.03. The summed E-state index contributed by atoms with van der Waals surface area (Å²) >= 11 is 3.42. The van der Waals surface area contributed by atoms with E-state index >= 15 is 0 Å². The Morgan fingerprint density at radius 1 is 1.33 bits per heavy atom. The summed E-state index contributed by atoms with van der Waals surface area (Å²) in [7, 11) is 0. The third-order valence-electron chi connectivity index (χ3n) is 1.83. The van der Waals surface area contributed by atoms with Crippen LogP contribution in [0.3, 0.4) is 0 Å². The van der Waals surface area contributed by atoms with Gasteiger partial charge in [-0.15, -0.1) is 0 Å². The topological polar surface area (TPSA) is 0 Å².